The molecule has 2 heteroatoms. The molecule has 0 saturated heterocycles. The number of hydrogen-bond acceptors (Lipinski definition) is 2. The van der Waals surface area contributed by atoms with E-state index in [1.807, 2.05) is 60.7 Å². The van der Waals surface area contributed by atoms with Crippen LogP contribution in [0.2, 0.25) is 0 Å². The SMILES string of the molecule is Cc1ccccc1C(=Nc1ccccc1)C(=Nc1ccccc1)c1ccccc1C. The van der Waals surface area contributed by atoms with Gasteiger partial charge in [0.25, 0.3) is 0 Å². The average molecular weight is 389 g/mol. The van der Waals surface area contributed by atoms with Gasteiger partial charge in [-0.25, -0.2) is 9.98 Å². The fourth-order valence-electron chi connectivity index (χ4n) is 3.42. The third kappa shape index (κ3) is 4.44. The molecule has 4 rings (SSSR count). The normalized spacial score (nSPS) is 12.1. The first-order chi connectivity index (χ1) is 14.7. The first kappa shape index (κ1) is 19.5. The zero-order chi connectivity index (χ0) is 20.8. The minimum absolute atomic E-state index is 0.873. The zero-order valence-electron chi connectivity index (χ0n) is 17.3. The van der Waals surface area contributed by atoms with E-state index < -0.39 is 0 Å². The molecule has 0 amide bonds. The van der Waals surface area contributed by atoms with E-state index in [1.54, 1.807) is 0 Å². The summed E-state index contributed by atoms with van der Waals surface area (Å²) in [6.45, 7) is 4.24. The molecule has 0 atom stereocenters. The number of benzene rings is 4. The summed E-state index contributed by atoms with van der Waals surface area (Å²) in [5.41, 5.74) is 8.06. The molecular formula is C28H24N2. The fraction of sp³-hybridized carbons (Fsp3) is 0.0714. The van der Waals surface area contributed by atoms with Crippen molar-refractivity contribution < 1.29 is 0 Å². The average Bonchev–Trinajstić information content (AvgIpc) is 2.79. The highest BCUT2D eigenvalue weighted by atomic mass is 14.8. The van der Waals surface area contributed by atoms with E-state index in [-0.39, 0.29) is 0 Å². The lowest BCUT2D eigenvalue weighted by molar-refractivity contribution is 1.40. The highest BCUT2D eigenvalue weighted by Gasteiger charge is 2.18. The minimum atomic E-state index is 0.873. The van der Waals surface area contributed by atoms with E-state index in [2.05, 4.69) is 62.4 Å². The van der Waals surface area contributed by atoms with Gasteiger partial charge in [-0.1, -0.05) is 84.9 Å². The van der Waals surface area contributed by atoms with Gasteiger partial charge in [-0.3, -0.25) is 0 Å². The van der Waals surface area contributed by atoms with Crippen LogP contribution < -0.4 is 0 Å². The number of rotatable bonds is 5. The maximum absolute atomic E-state index is 5.09. The van der Waals surface area contributed by atoms with Crippen LogP contribution >= 0.6 is 0 Å². The van der Waals surface area contributed by atoms with Crippen molar-refractivity contribution in [2.24, 2.45) is 9.98 Å². The molecule has 30 heavy (non-hydrogen) atoms. The van der Waals surface area contributed by atoms with Gasteiger partial charge < -0.3 is 0 Å². The van der Waals surface area contributed by atoms with Crippen LogP contribution in [0.1, 0.15) is 22.3 Å². The summed E-state index contributed by atoms with van der Waals surface area (Å²) in [6.07, 6.45) is 0. The second-order valence-corrected chi connectivity index (χ2v) is 7.22. The molecule has 4 aromatic rings. The molecule has 0 aliphatic rings. The first-order valence-electron chi connectivity index (χ1n) is 10.1. The molecule has 0 unspecified atom stereocenters. The van der Waals surface area contributed by atoms with E-state index in [1.165, 1.54) is 11.1 Å². The third-order valence-electron chi connectivity index (χ3n) is 5.02. The van der Waals surface area contributed by atoms with Gasteiger partial charge in [0, 0.05) is 11.1 Å². The van der Waals surface area contributed by atoms with Crippen LogP contribution in [-0.2, 0) is 0 Å². The fourth-order valence-corrected chi connectivity index (χ4v) is 3.42. The lowest BCUT2D eigenvalue weighted by Gasteiger charge is -2.15. The molecule has 0 fully saturated rings. The molecule has 0 radical (unpaired) electrons. The lowest BCUT2D eigenvalue weighted by atomic mass is 9.93. The number of aliphatic imine (C=N–C) groups is 2. The van der Waals surface area contributed by atoms with Gasteiger partial charge >= 0.3 is 0 Å². The molecule has 0 saturated carbocycles. The summed E-state index contributed by atoms with van der Waals surface area (Å²) >= 11 is 0. The molecule has 2 nitrogen and oxygen atoms in total. The summed E-state index contributed by atoms with van der Waals surface area (Å²) in [6, 6.07) is 36.9. The van der Waals surface area contributed by atoms with Crippen molar-refractivity contribution in [2.45, 2.75) is 13.8 Å². The van der Waals surface area contributed by atoms with Gasteiger partial charge in [-0.2, -0.15) is 0 Å². The Hall–Kier alpha value is -3.78. The molecule has 0 aliphatic heterocycles. The second-order valence-electron chi connectivity index (χ2n) is 7.22. The number of nitrogens with zero attached hydrogens (tertiary/aromatic N) is 2. The first-order valence-corrected chi connectivity index (χ1v) is 10.1. The van der Waals surface area contributed by atoms with Gasteiger partial charge in [0.05, 0.1) is 22.8 Å². The van der Waals surface area contributed by atoms with Crippen LogP contribution in [0, 0.1) is 13.8 Å². The number of para-hydroxylation sites is 2. The van der Waals surface area contributed by atoms with Crippen molar-refractivity contribution in [3.63, 3.8) is 0 Å². The maximum Gasteiger partial charge on any atom is 0.0974 e. The van der Waals surface area contributed by atoms with Crippen molar-refractivity contribution in [1.82, 2.24) is 0 Å². The van der Waals surface area contributed by atoms with Gasteiger partial charge in [-0.05, 0) is 49.2 Å². The summed E-state index contributed by atoms with van der Waals surface area (Å²) in [5.74, 6) is 0. The van der Waals surface area contributed by atoms with Gasteiger partial charge in [0.15, 0.2) is 0 Å². The Balaban J connectivity index is 2.01. The molecule has 0 spiro atoms. The standard InChI is InChI=1S/C28H24N2/c1-21-13-9-11-19-25(21)27(29-23-15-5-3-6-16-23)28(26-20-12-10-14-22(26)2)30-24-17-7-4-8-18-24/h3-20H,1-2H3. The molecule has 0 aliphatic carbocycles. The summed E-state index contributed by atoms with van der Waals surface area (Å²) in [4.78, 5) is 10.2. The summed E-state index contributed by atoms with van der Waals surface area (Å²) in [5, 5.41) is 0. The quantitative estimate of drug-likeness (QED) is 0.322. The molecule has 0 heterocycles. The Morgan fingerprint density at radius 1 is 0.433 bits per heavy atom. The van der Waals surface area contributed by atoms with Crippen molar-refractivity contribution in [3.05, 3.63) is 131 Å². The Labute approximate surface area is 178 Å². The van der Waals surface area contributed by atoms with E-state index in [0.29, 0.717) is 0 Å². The molecular weight excluding hydrogens is 364 g/mol. The Morgan fingerprint density at radius 2 is 0.767 bits per heavy atom. The lowest BCUT2D eigenvalue weighted by Crippen LogP contribution is -2.19. The highest BCUT2D eigenvalue weighted by Crippen LogP contribution is 2.23. The molecule has 0 aromatic heterocycles. The van der Waals surface area contributed by atoms with Crippen molar-refractivity contribution in [3.8, 4) is 0 Å². The van der Waals surface area contributed by atoms with Crippen LogP contribution in [0.4, 0.5) is 11.4 Å². The largest absolute Gasteiger partial charge is 0.246 e. The van der Waals surface area contributed by atoms with Gasteiger partial charge in [-0.15, -0.1) is 0 Å². The summed E-state index contributed by atoms with van der Waals surface area (Å²) < 4.78 is 0. The zero-order valence-corrected chi connectivity index (χ0v) is 17.3. The maximum atomic E-state index is 5.09. The van der Waals surface area contributed by atoms with Crippen molar-refractivity contribution >= 4 is 22.8 Å². The van der Waals surface area contributed by atoms with Crippen LogP contribution in [0.3, 0.4) is 0 Å². The van der Waals surface area contributed by atoms with Crippen molar-refractivity contribution in [1.29, 1.82) is 0 Å². The Kier molecular flexibility index (Phi) is 5.95. The number of aryl methyl sites for hydroxylation is 2. The predicted octanol–water partition coefficient (Wildman–Crippen LogP) is 7.25. The smallest absolute Gasteiger partial charge is 0.0974 e. The Bertz CT molecular complexity index is 1090. The van der Waals surface area contributed by atoms with Crippen molar-refractivity contribution in [2.75, 3.05) is 0 Å². The third-order valence-corrected chi connectivity index (χ3v) is 5.02. The minimum Gasteiger partial charge on any atom is -0.246 e. The van der Waals surface area contributed by atoms with E-state index >= 15 is 0 Å². The monoisotopic (exact) mass is 388 g/mol. The molecule has 146 valence electrons. The van der Waals surface area contributed by atoms with Gasteiger partial charge in [0.2, 0.25) is 0 Å². The topological polar surface area (TPSA) is 24.7 Å². The van der Waals surface area contributed by atoms with Crippen LogP contribution in [-0.4, -0.2) is 11.4 Å². The van der Waals surface area contributed by atoms with Gasteiger partial charge in [0.1, 0.15) is 0 Å². The van der Waals surface area contributed by atoms with E-state index in [0.717, 1.165) is 33.9 Å². The highest BCUT2D eigenvalue weighted by molar-refractivity contribution is 6.54. The molecule has 0 N–H and O–H groups in total. The van der Waals surface area contributed by atoms with E-state index in [4.69, 9.17) is 9.98 Å². The predicted molar refractivity (Wildman–Crippen MR) is 128 cm³/mol. The molecule has 0 bridgehead atoms. The second kappa shape index (κ2) is 9.15. The van der Waals surface area contributed by atoms with Crippen LogP contribution in [0.15, 0.2) is 119 Å². The molecule has 4 aromatic carbocycles. The van der Waals surface area contributed by atoms with Crippen LogP contribution in [0.25, 0.3) is 0 Å². The van der Waals surface area contributed by atoms with Crippen LogP contribution in [0.5, 0.6) is 0 Å². The van der Waals surface area contributed by atoms with E-state index in [9.17, 15) is 0 Å². The summed E-state index contributed by atoms with van der Waals surface area (Å²) in [7, 11) is 0. The number of hydrogen-bond donors (Lipinski definition) is 0. The Morgan fingerprint density at radius 3 is 1.13 bits per heavy atom.